The molecule has 0 amide bonds. The van der Waals surface area contributed by atoms with Gasteiger partial charge in [-0.1, -0.05) is 24.3 Å². The van der Waals surface area contributed by atoms with Gasteiger partial charge in [0.2, 0.25) is 0 Å². The Hall–Kier alpha value is -2.56. The van der Waals surface area contributed by atoms with Crippen LogP contribution in [0.5, 0.6) is 0 Å². The van der Waals surface area contributed by atoms with Gasteiger partial charge in [-0.05, 0) is 24.3 Å². The summed E-state index contributed by atoms with van der Waals surface area (Å²) in [6.07, 6.45) is 4.40. The van der Waals surface area contributed by atoms with Gasteiger partial charge in [0.25, 0.3) is 0 Å². The minimum atomic E-state index is 0.645. The van der Waals surface area contributed by atoms with Crippen molar-refractivity contribution < 1.29 is 4.42 Å². The zero-order valence-electron chi connectivity index (χ0n) is 11.3. The van der Waals surface area contributed by atoms with Gasteiger partial charge < -0.3 is 9.73 Å². The minimum absolute atomic E-state index is 0.645. The summed E-state index contributed by atoms with van der Waals surface area (Å²) in [6.45, 7) is 2.72. The predicted molar refractivity (Wildman–Crippen MR) is 76.8 cm³/mol. The molecule has 0 aliphatic rings. The van der Waals surface area contributed by atoms with Crippen molar-refractivity contribution in [2.45, 2.75) is 19.9 Å². The van der Waals surface area contributed by atoms with Gasteiger partial charge in [0.1, 0.15) is 11.5 Å². The van der Waals surface area contributed by atoms with Crippen LogP contribution < -0.4 is 5.32 Å². The van der Waals surface area contributed by atoms with Crippen LogP contribution in [-0.4, -0.2) is 15.0 Å². The molecular formula is C15H16N4O. The molecule has 1 N–H and O–H groups in total. The van der Waals surface area contributed by atoms with Gasteiger partial charge in [0, 0.05) is 6.42 Å². The lowest BCUT2D eigenvalue weighted by Gasteiger charge is -2.10. The highest BCUT2D eigenvalue weighted by Crippen LogP contribution is 2.20. The molecule has 20 heavy (non-hydrogen) atoms. The second kappa shape index (κ2) is 5.61. The molecule has 102 valence electrons. The Kier molecular flexibility index (Phi) is 3.50. The highest BCUT2D eigenvalue weighted by atomic mass is 16.3. The van der Waals surface area contributed by atoms with Crippen molar-refractivity contribution >= 4 is 5.69 Å². The van der Waals surface area contributed by atoms with E-state index in [-0.39, 0.29) is 0 Å². The van der Waals surface area contributed by atoms with E-state index in [1.54, 1.807) is 10.9 Å². The first-order chi connectivity index (χ1) is 9.86. The number of nitrogens with one attached hydrogen (secondary N) is 1. The van der Waals surface area contributed by atoms with E-state index in [0.29, 0.717) is 6.54 Å². The molecule has 2 aromatic heterocycles. The Morgan fingerprint density at radius 1 is 1.15 bits per heavy atom. The maximum absolute atomic E-state index is 5.69. The summed E-state index contributed by atoms with van der Waals surface area (Å²) in [5.41, 5.74) is 1.96. The van der Waals surface area contributed by atoms with Crippen molar-refractivity contribution in [2.75, 3.05) is 5.32 Å². The van der Waals surface area contributed by atoms with Crippen molar-refractivity contribution in [2.24, 2.45) is 0 Å². The first-order valence-electron chi connectivity index (χ1n) is 6.64. The number of aromatic nitrogens is 3. The average molecular weight is 268 g/mol. The predicted octanol–water partition coefficient (Wildman–Crippen LogP) is 3.03. The fraction of sp³-hybridized carbons (Fsp3) is 0.200. The van der Waals surface area contributed by atoms with Gasteiger partial charge in [-0.25, -0.2) is 4.68 Å². The molecule has 3 rings (SSSR count). The summed E-state index contributed by atoms with van der Waals surface area (Å²) in [7, 11) is 0. The molecule has 0 aliphatic heterocycles. The number of hydrogen-bond donors (Lipinski definition) is 1. The number of aryl methyl sites for hydroxylation is 1. The number of anilines is 1. The minimum Gasteiger partial charge on any atom is -0.464 e. The van der Waals surface area contributed by atoms with Crippen molar-refractivity contribution in [3.63, 3.8) is 0 Å². The van der Waals surface area contributed by atoms with E-state index in [1.165, 1.54) is 0 Å². The van der Waals surface area contributed by atoms with E-state index in [2.05, 4.69) is 22.6 Å². The van der Waals surface area contributed by atoms with Gasteiger partial charge in [0.05, 0.1) is 30.3 Å². The maximum atomic E-state index is 5.69. The van der Waals surface area contributed by atoms with Crippen LogP contribution in [0.4, 0.5) is 5.69 Å². The third kappa shape index (κ3) is 2.56. The van der Waals surface area contributed by atoms with E-state index in [0.717, 1.165) is 29.3 Å². The lowest BCUT2D eigenvalue weighted by atomic mass is 10.2. The molecular weight excluding hydrogens is 252 g/mol. The van der Waals surface area contributed by atoms with Crippen LogP contribution in [0.2, 0.25) is 0 Å². The molecule has 0 saturated carbocycles. The highest BCUT2D eigenvalue weighted by Gasteiger charge is 2.06. The van der Waals surface area contributed by atoms with Gasteiger partial charge in [0.15, 0.2) is 0 Å². The Labute approximate surface area is 117 Å². The maximum Gasteiger partial charge on any atom is 0.123 e. The van der Waals surface area contributed by atoms with Crippen LogP contribution in [0.15, 0.2) is 53.2 Å². The van der Waals surface area contributed by atoms with Gasteiger partial charge in [-0.3, -0.25) is 0 Å². The fourth-order valence-corrected chi connectivity index (χ4v) is 2.05. The quantitative estimate of drug-likeness (QED) is 0.772. The van der Waals surface area contributed by atoms with E-state index in [1.807, 2.05) is 42.6 Å². The lowest BCUT2D eigenvalue weighted by molar-refractivity contribution is 0.476. The molecule has 0 bridgehead atoms. The van der Waals surface area contributed by atoms with Gasteiger partial charge in [-0.15, -0.1) is 5.10 Å². The third-order valence-electron chi connectivity index (χ3n) is 3.09. The van der Waals surface area contributed by atoms with Crippen LogP contribution in [0, 0.1) is 0 Å². The first kappa shape index (κ1) is 12.5. The Bertz CT molecular complexity index is 673. The summed E-state index contributed by atoms with van der Waals surface area (Å²) in [4.78, 5) is 0. The number of nitrogens with zero attached hydrogens (tertiary/aromatic N) is 3. The van der Waals surface area contributed by atoms with Crippen molar-refractivity contribution in [3.8, 4) is 5.69 Å². The summed E-state index contributed by atoms with van der Waals surface area (Å²) in [5.74, 6) is 1.93. The Morgan fingerprint density at radius 2 is 2.00 bits per heavy atom. The molecule has 0 aliphatic carbocycles. The van der Waals surface area contributed by atoms with E-state index < -0.39 is 0 Å². The van der Waals surface area contributed by atoms with Crippen molar-refractivity contribution in [1.29, 1.82) is 0 Å². The van der Waals surface area contributed by atoms with Crippen molar-refractivity contribution in [3.05, 3.63) is 60.3 Å². The number of hydrogen-bond acceptors (Lipinski definition) is 4. The molecule has 0 saturated heterocycles. The molecule has 1 aromatic carbocycles. The van der Waals surface area contributed by atoms with Gasteiger partial charge >= 0.3 is 0 Å². The zero-order chi connectivity index (χ0) is 13.8. The van der Waals surface area contributed by atoms with Crippen molar-refractivity contribution in [1.82, 2.24) is 15.0 Å². The monoisotopic (exact) mass is 268 g/mol. The third-order valence-corrected chi connectivity index (χ3v) is 3.09. The second-order valence-electron chi connectivity index (χ2n) is 4.44. The molecule has 0 fully saturated rings. The number of para-hydroxylation sites is 2. The van der Waals surface area contributed by atoms with E-state index in [4.69, 9.17) is 4.42 Å². The first-order valence-corrected chi connectivity index (χ1v) is 6.64. The summed E-state index contributed by atoms with van der Waals surface area (Å²) >= 11 is 0. The lowest BCUT2D eigenvalue weighted by Crippen LogP contribution is -2.04. The van der Waals surface area contributed by atoms with E-state index >= 15 is 0 Å². The summed E-state index contributed by atoms with van der Waals surface area (Å²) in [6, 6.07) is 12.0. The molecule has 2 heterocycles. The van der Waals surface area contributed by atoms with Crippen LogP contribution >= 0.6 is 0 Å². The largest absolute Gasteiger partial charge is 0.464 e. The standard InChI is InChI=1S/C15H16N4O/c1-2-12-7-8-13(20-12)11-16-14-5-3-4-6-15(14)19-10-9-17-18-19/h3-10,16H,2,11H2,1H3. The summed E-state index contributed by atoms with van der Waals surface area (Å²) < 4.78 is 7.43. The Balaban J connectivity index is 1.77. The number of benzene rings is 1. The second-order valence-corrected chi connectivity index (χ2v) is 4.44. The fourth-order valence-electron chi connectivity index (χ4n) is 2.05. The SMILES string of the molecule is CCc1ccc(CNc2ccccc2-n2ccnn2)o1. The summed E-state index contributed by atoms with van der Waals surface area (Å²) in [5, 5.41) is 11.2. The number of furan rings is 1. The molecule has 5 heteroatoms. The van der Waals surface area contributed by atoms with Crippen LogP contribution in [-0.2, 0) is 13.0 Å². The van der Waals surface area contributed by atoms with Crippen LogP contribution in [0.1, 0.15) is 18.4 Å². The molecule has 0 radical (unpaired) electrons. The smallest absolute Gasteiger partial charge is 0.123 e. The highest BCUT2D eigenvalue weighted by molar-refractivity contribution is 5.60. The molecule has 3 aromatic rings. The molecule has 0 spiro atoms. The number of rotatable bonds is 5. The topological polar surface area (TPSA) is 55.9 Å². The van der Waals surface area contributed by atoms with Gasteiger partial charge in [-0.2, -0.15) is 0 Å². The molecule has 0 unspecified atom stereocenters. The molecule has 0 atom stereocenters. The Morgan fingerprint density at radius 3 is 2.75 bits per heavy atom. The average Bonchev–Trinajstić information content (AvgIpc) is 3.17. The zero-order valence-corrected chi connectivity index (χ0v) is 11.3. The van der Waals surface area contributed by atoms with E-state index in [9.17, 15) is 0 Å². The van der Waals surface area contributed by atoms with Crippen LogP contribution in [0.3, 0.4) is 0 Å². The molecule has 5 nitrogen and oxygen atoms in total. The normalized spacial score (nSPS) is 10.7. The van der Waals surface area contributed by atoms with Crippen LogP contribution in [0.25, 0.3) is 5.69 Å².